The van der Waals surface area contributed by atoms with Gasteiger partial charge in [-0.3, -0.25) is 0 Å². The second-order valence-corrected chi connectivity index (χ2v) is 3.83. The van der Waals surface area contributed by atoms with Crippen LogP contribution in [0.15, 0.2) is 18.2 Å². The molecule has 94 valence electrons. The molecule has 0 aliphatic heterocycles. The van der Waals surface area contributed by atoms with Crippen molar-refractivity contribution in [3.05, 3.63) is 34.3 Å². The summed E-state index contributed by atoms with van der Waals surface area (Å²) in [5.41, 5.74) is 0.368. The fourth-order valence-electron chi connectivity index (χ4n) is 1.32. The third-order valence-electron chi connectivity index (χ3n) is 2.29. The zero-order chi connectivity index (χ0) is 13.0. The van der Waals surface area contributed by atoms with Crippen molar-refractivity contribution >= 4 is 17.6 Å². The second-order valence-electron chi connectivity index (χ2n) is 3.43. The van der Waals surface area contributed by atoms with Gasteiger partial charge in [0.2, 0.25) is 0 Å². The summed E-state index contributed by atoms with van der Waals surface area (Å²) < 4.78 is 4.52. The zero-order valence-corrected chi connectivity index (χ0v) is 9.89. The Morgan fingerprint density at radius 3 is 2.65 bits per heavy atom. The van der Waals surface area contributed by atoms with Gasteiger partial charge in [-0.2, -0.15) is 0 Å². The molecule has 0 spiro atoms. The van der Waals surface area contributed by atoms with Crippen LogP contribution in [0.5, 0.6) is 0 Å². The SMILES string of the molecule is COC(=O)c1cc(C(O)C(O)CO)ccc1Cl. The third kappa shape index (κ3) is 3.17. The minimum absolute atomic E-state index is 0.0934. The average molecular weight is 261 g/mol. The molecule has 0 bridgehead atoms. The smallest absolute Gasteiger partial charge is 0.339 e. The molecule has 17 heavy (non-hydrogen) atoms. The maximum absolute atomic E-state index is 11.3. The summed E-state index contributed by atoms with van der Waals surface area (Å²) in [5, 5.41) is 27.8. The van der Waals surface area contributed by atoms with E-state index in [1.165, 1.54) is 25.3 Å². The van der Waals surface area contributed by atoms with Gasteiger partial charge in [0, 0.05) is 0 Å². The molecule has 1 aromatic carbocycles. The molecule has 0 heterocycles. The fourth-order valence-corrected chi connectivity index (χ4v) is 1.51. The highest BCUT2D eigenvalue weighted by atomic mass is 35.5. The van der Waals surface area contributed by atoms with E-state index < -0.39 is 24.8 Å². The molecule has 0 saturated carbocycles. The zero-order valence-electron chi connectivity index (χ0n) is 9.13. The van der Waals surface area contributed by atoms with Crippen molar-refractivity contribution in [2.24, 2.45) is 0 Å². The van der Waals surface area contributed by atoms with Gasteiger partial charge in [0.05, 0.1) is 24.3 Å². The minimum Gasteiger partial charge on any atom is -0.465 e. The molecule has 0 aliphatic rings. The van der Waals surface area contributed by atoms with Gasteiger partial charge in [-0.25, -0.2) is 4.79 Å². The second kappa shape index (κ2) is 5.97. The lowest BCUT2D eigenvalue weighted by Gasteiger charge is -2.16. The molecule has 1 rings (SSSR count). The van der Waals surface area contributed by atoms with Crippen molar-refractivity contribution < 1.29 is 24.9 Å². The summed E-state index contributed by atoms with van der Waals surface area (Å²) >= 11 is 5.79. The number of aliphatic hydroxyl groups is 3. The molecule has 2 unspecified atom stereocenters. The summed E-state index contributed by atoms with van der Waals surface area (Å²) in [6.07, 6.45) is -2.61. The van der Waals surface area contributed by atoms with Gasteiger partial charge in [0.25, 0.3) is 0 Å². The third-order valence-corrected chi connectivity index (χ3v) is 2.62. The molecule has 0 aromatic heterocycles. The van der Waals surface area contributed by atoms with Crippen molar-refractivity contribution in [2.45, 2.75) is 12.2 Å². The lowest BCUT2D eigenvalue weighted by molar-refractivity contribution is -0.0153. The summed E-state index contributed by atoms with van der Waals surface area (Å²) in [5.74, 6) is -0.637. The Hall–Kier alpha value is -1.14. The largest absolute Gasteiger partial charge is 0.465 e. The van der Waals surface area contributed by atoms with E-state index in [9.17, 15) is 15.0 Å². The van der Waals surface area contributed by atoms with Gasteiger partial charge in [0.15, 0.2) is 0 Å². The van der Waals surface area contributed by atoms with Crippen LogP contribution in [0.4, 0.5) is 0 Å². The average Bonchev–Trinajstić information content (AvgIpc) is 2.36. The van der Waals surface area contributed by atoms with Gasteiger partial charge in [0.1, 0.15) is 12.2 Å². The maximum Gasteiger partial charge on any atom is 0.339 e. The van der Waals surface area contributed by atoms with Crippen molar-refractivity contribution in [1.82, 2.24) is 0 Å². The number of methoxy groups -OCH3 is 1. The number of esters is 1. The molecule has 6 heteroatoms. The number of halogens is 1. The van der Waals surface area contributed by atoms with Crippen LogP contribution in [0.2, 0.25) is 5.02 Å². The summed E-state index contributed by atoms with van der Waals surface area (Å²) in [6.45, 7) is -0.586. The molecule has 0 fully saturated rings. The number of rotatable bonds is 4. The standard InChI is InChI=1S/C11H13ClO5/c1-17-11(16)7-4-6(2-3-8(7)12)10(15)9(14)5-13/h2-4,9-10,13-15H,5H2,1H3. The topological polar surface area (TPSA) is 87.0 Å². The molecule has 3 N–H and O–H groups in total. The van der Waals surface area contributed by atoms with Gasteiger partial charge >= 0.3 is 5.97 Å². The van der Waals surface area contributed by atoms with Crippen molar-refractivity contribution in [1.29, 1.82) is 0 Å². The highest BCUT2D eigenvalue weighted by Gasteiger charge is 2.20. The first-order valence-corrected chi connectivity index (χ1v) is 5.23. The number of ether oxygens (including phenoxy) is 1. The van der Waals surface area contributed by atoms with Crippen LogP contribution in [-0.4, -0.2) is 41.1 Å². The molecule has 5 nitrogen and oxygen atoms in total. The lowest BCUT2D eigenvalue weighted by Crippen LogP contribution is -2.22. The van der Waals surface area contributed by atoms with Crippen LogP contribution in [0, 0.1) is 0 Å². The number of carbonyl (C=O) groups excluding carboxylic acids is 1. The van der Waals surface area contributed by atoms with E-state index in [2.05, 4.69) is 4.74 Å². The van der Waals surface area contributed by atoms with Crippen LogP contribution in [-0.2, 0) is 4.74 Å². The van der Waals surface area contributed by atoms with Gasteiger partial charge in [-0.15, -0.1) is 0 Å². The van der Waals surface area contributed by atoms with E-state index in [1.54, 1.807) is 0 Å². The van der Waals surface area contributed by atoms with Crippen LogP contribution in [0.3, 0.4) is 0 Å². The van der Waals surface area contributed by atoms with Crippen molar-refractivity contribution in [3.8, 4) is 0 Å². The number of hydrogen-bond acceptors (Lipinski definition) is 5. The first-order chi connectivity index (χ1) is 8.01. The van der Waals surface area contributed by atoms with E-state index in [0.717, 1.165) is 0 Å². The van der Waals surface area contributed by atoms with E-state index in [0.29, 0.717) is 0 Å². The highest BCUT2D eigenvalue weighted by molar-refractivity contribution is 6.33. The van der Waals surface area contributed by atoms with E-state index in [1.807, 2.05) is 0 Å². The van der Waals surface area contributed by atoms with Gasteiger partial charge in [-0.05, 0) is 17.7 Å². The summed E-state index contributed by atoms with van der Waals surface area (Å²) in [7, 11) is 1.21. The molecule has 0 radical (unpaired) electrons. The number of benzene rings is 1. The fraction of sp³-hybridized carbons (Fsp3) is 0.364. The van der Waals surface area contributed by atoms with Gasteiger partial charge in [-0.1, -0.05) is 17.7 Å². The van der Waals surface area contributed by atoms with Gasteiger partial charge < -0.3 is 20.1 Å². The quantitative estimate of drug-likeness (QED) is 0.687. The first kappa shape index (κ1) is 13.9. The molecular weight excluding hydrogens is 248 g/mol. The molecule has 0 saturated heterocycles. The first-order valence-electron chi connectivity index (χ1n) is 4.86. The molecule has 2 atom stereocenters. The molecule has 0 aliphatic carbocycles. The van der Waals surface area contributed by atoms with Crippen LogP contribution < -0.4 is 0 Å². The van der Waals surface area contributed by atoms with E-state index in [-0.39, 0.29) is 16.1 Å². The maximum atomic E-state index is 11.3. The van der Waals surface area contributed by atoms with Crippen molar-refractivity contribution in [2.75, 3.05) is 13.7 Å². The monoisotopic (exact) mass is 260 g/mol. The number of aliphatic hydroxyl groups excluding tert-OH is 3. The minimum atomic E-state index is -1.32. The van der Waals surface area contributed by atoms with Crippen LogP contribution in [0.25, 0.3) is 0 Å². The lowest BCUT2D eigenvalue weighted by atomic mass is 10.0. The Bertz CT molecular complexity index is 407. The van der Waals surface area contributed by atoms with E-state index >= 15 is 0 Å². The Labute approximate surface area is 103 Å². The van der Waals surface area contributed by atoms with Crippen LogP contribution in [0.1, 0.15) is 22.0 Å². The summed E-state index contributed by atoms with van der Waals surface area (Å²) in [4.78, 5) is 11.3. The molecule has 1 aromatic rings. The predicted octanol–water partition coefficient (Wildman–Crippen LogP) is 0.513. The van der Waals surface area contributed by atoms with Crippen molar-refractivity contribution in [3.63, 3.8) is 0 Å². The highest BCUT2D eigenvalue weighted by Crippen LogP contribution is 2.24. The number of carbonyl (C=O) groups is 1. The van der Waals surface area contributed by atoms with E-state index in [4.69, 9.17) is 16.7 Å². The number of hydrogen-bond donors (Lipinski definition) is 3. The Morgan fingerprint density at radius 1 is 1.47 bits per heavy atom. The molecule has 0 amide bonds. The Morgan fingerprint density at radius 2 is 2.12 bits per heavy atom. The predicted molar refractivity (Wildman–Crippen MR) is 60.8 cm³/mol. The Balaban J connectivity index is 3.08. The molecular formula is C11H13ClO5. The van der Waals surface area contributed by atoms with Crippen LogP contribution >= 0.6 is 11.6 Å². The summed E-state index contributed by atoms with van der Waals surface area (Å²) in [6, 6.07) is 4.19. The Kier molecular flexibility index (Phi) is 4.89. The normalized spacial score (nSPS) is 14.2.